The van der Waals surface area contributed by atoms with E-state index in [9.17, 15) is 22.9 Å². The highest BCUT2D eigenvalue weighted by molar-refractivity contribution is 7.85. The molecule has 4 aromatic rings. The molecule has 0 radical (unpaired) electrons. The Morgan fingerprint density at radius 1 is 1.10 bits per heavy atom. The number of carbonyl (C=O) groups is 1. The van der Waals surface area contributed by atoms with Gasteiger partial charge in [-0.15, -0.1) is 0 Å². The van der Waals surface area contributed by atoms with Crippen LogP contribution in [-0.4, -0.2) is 60.2 Å². The molecule has 0 saturated heterocycles. The minimum absolute atomic E-state index is 0.0895. The Balaban J connectivity index is 1.34. The van der Waals surface area contributed by atoms with Crippen LogP contribution in [0.4, 0.5) is 5.69 Å². The third kappa shape index (κ3) is 4.93. The molecule has 250 valence electrons. The summed E-state index contributed by atoms with van der Waals surface area (Å²) in [6.45, 7) is 4.23. The quantitative estimate of drug-likeness (QED) is 0.174. The molecular formula is C37H40N3O7S+. The Morgan fingerprint density at radius 2 is 1.94 bits per heavy atom. The summed E-state index contributed by atoms with van der Waals surface area (Å²) >= 11 is 0. The zero-order chi connectivity index (χ0) is 33.4. The zero-order valence-corrected chi connectivity index (χ0v) is 28.0. The van der Waals surface area contributed by atoms with E-state index in [0.717, 1.165) is 53.9 Å². The standard InChI is InChI=1S/C37H39N3O7S/c1-37(16-5-9-33(41)42)34-25-8-4-3-7-23(25)10-12-29(34)38-18-14-31-26(35(37)38)22-27-32(47-31)15-19-40-28-13-11-24(46-2)21-30(28)39(36(27)40)17-6-20-48(43,44)45/h3-4,7-8,10-13,21-22,31-32H,5-6,9,14-20H2,1-2H3,(H-,41,42,43,44,45)/p+1. The molecule has 8 rings (SSSR count). The summed E-state index contributed by atoms with van der Waals surface area (Å²) < 4.78 is 50.0. The molecule has 1 aromatic heterocycles. The molecule has 10 nitrogen and oxygen atoms in total. The molecule has 2 N–H and O–H groups in total. The number of benzene rings is 3. The van der Waals surface area contributed by atoms with Crippen LogP contribution in [0.5, 0.6) is 5.75 Å². The number of ether oxygens (including phenoxy) is 2. The predicted molar refractivity (Wildman–Crippen MR) is 183 cm³/mol. The van der Waals surface area contributed by atoms with Gasteiger partial charge in [-0.25, -0.2) is 9.13 Å². The van der Waals surface area contributed by atoms with Crippen LogP contribution in [0.15, 0.2) is 71.9 Å². The number of hydrogen-bond acceptors (Lipinski definition) is 6. The molecule has 11 heteroatoms. The van der Waals surface area contributed by atoms with E-state index in [0.29, 0.717) is 25.1 Å². The molecule has 48 heavy (non-hydrogen) atoms. The number of carboxylic acid groups (broad SMARTS) is 1. The van der Waals surface area contributed by atoms with Crippen molar-refractivity contribution in [3.8, 4) is 5.75 Å². The summed E-state index contributed by atoms with van der Waals surface area (Å²) in [5.74, 6) is 0.562. The fraction of sp³-hybridized carbons (Fsp3) is 0.405. The number of carboxylic acids is 1. The Labute approximate surface area is 279 Å². The lowest BCUT2D eigenvalue weighted by atomic mass is 9.72. The van der Waals surface area contributed by atoms with Crippen LogP contribution in [0.3, 0.4) is 0 Å². The van der Waals surface area contributed by atoms with Crippen LogP contribution in [0.25, 0.3) is 27.4 Å². The van der Waals surface area contributed by atoms with E-state index < -0.39 is 21.5 Å². The van der Waals surface area contributed by atoms with Crippen molar-refractivity contribution in [2.24, 2.45) is 0 Å². The summed E-state index contributed by atoms with van der Waals surface area (Å²) in [4.78, 5) is 14.1. The van der Waals surface area contributed by atoms with E-state index in [1.807, 2.05) is 18.2 Å². The monoisotopic (exact) mass is 670 g/mol. The molecular weight excluding hydrogens is 630 g/mol. The van der Waals surface area contributed by atoms with Crippen molar-refractivity contribution in [1.29, 1.82) is 0 Å². The number of nitrogens with zero attached hydrogens (tertiary/aromatic N) is 3. The van der Waals surface area contributed by atoms with Crippen molar-refractivity contribution >= 4 is 49.2 Å². The fourth-order valence-corrected chi connectivity index (χ4v) is 9.32. The molecule has 0 fully saturated rings. The highest BCUT2D eigenvalue weighted by atomic mass is 32.2. The van der Waals surface area contributed by atoms with Crippen LogP contribution >= 0.6 is 0 Å². The van der Waals surface area contributed by atoms with Gasteiger partial charge in [-0.2, -0.15) is 8.42 Å². The maximum atomic E-state index is 11.7. The SMILES string of the molecule is COc1ccc2c(c1)n(CCCS(=O)(=O)O)c1[n+]2CCC2OC3CCN4C(=C3C=C12)C(C)(CCCC(=O)O)c1c4ccc2ccccc12. The Hall–Kier alpha value is -4.19. The highest BCUT2D eigenvalue weighted by Crippen LogP contribution is 2.57. The first kappa shape index (κ1) is 31.1. The van der Waals surface area contributed by atoms with E-state index in [1.165, 1.54) is 27.7 Å². The average molecular weight is 671 g/mol. The number of allylic oxidation sites excluding steroid dienone is 1. The highest BCUT2D eigenvalue weighted by Gasteiger charge is 2.51. The number of aliphatic carboxylic acids is 1. The number of methoxy groups -OCH3 is 1. The fourth-order valence-electron chi connectivity index (χ4n) is 8.83. The number of aryl methyl sites for hydroxylation is 2. The Morgan fingerprint density at radius 3 is 2.73 bits per heavy atom. The Kier molecular flexibility index (Phi) is 7.43. The number of fused-ring (bicyclic) bond motifs is 11. The van der Waals surface area contributed by atoms with Gasteiger partial charge in [0.05, 0.1) is 43.7 Å². The number of imidazole rings is 1. The molecule has 3 aromatic carbocycles. The van der Waals surface area contributed by atoms with Crippen molar-refractivity contribution in [2.75, 3.05) is 24.3 Å². The second-order valence-electron chi connectivity index (χ2n) is 13.6. The average Bonchev–Trinajstić information content (AvgIpc) is 3.52. The number of rotatable bonds is 9. The smallest absolute Gasteiger partial charge is 0.303 e. The van der Waals surface area contributed by atoms with Crippen molar-refractivity contribution in [3.63, 3.8) is 0 Å². The van der Waals surface area contributed by atoms with Gasteiger partial charge in [0.2, 0.25) is 0 Å². The van der Waals surface area contributed by atoms with Crippen LogP contribution in [0.2, 0.25) is 0 Å². The number of hydrogen-bond donors (Lipinski definition) is 2. The summed E-state index contributed by atoms with van der Waals surface area (Å²) in [5.41, 5.74) is 7.33. The molecule has 0 saturated carbocycles. The number of anilines is 1. The van der Waals surface area contributed by atoms with Crippen molar-refractivity contribution < 1.29 is 36.9 Å². The minimum Gasteiger partial charge on any atom is -0.497 e. The molecule has 0 amide bonds. The third-order valence-electron chi connectivity index (χ3n) is 10.8. The first-order chi connectivity index (χ1) is 23.1. The van der Waals surface area contributed by atoms with Gasteiger partial charge < -0.3 is 19.5 Å². The van der Waals surface area contributed by atoms with Crippen LogP contribution in [0, 0.1) is 0 Å². The van der Waals surface area contributed by atoms with Crippen LogP contribution < -0.4 is 14.2 Å². The van der Waals surface area contributed by atoms with Gasteiger partial charge >= 0.3 is 5.97 Å². The molecule has 4 aliphatic rings. The maximum Gasteiger partial charge on any atom is 0.303 e. The second kappa shape index (κ2) is 11.5. The van der Waals surface area contributed by atoms with Gasteiger partial charge in [-0.3, -0.25) is 9.35 Å². The van der Waals surface area contributed by atoms with E-state index in [-0.39, 0.29) is 30.8 Å². The van der Waals surface area contributed by atoms with E-state index in [4.69, 9.17) is 9.47 Å². The largest absolute Gasteiger partial charge is 0.497 e. The number of aromatic nitrogens is 2. The van der Waals surface area contributed by atoms with Gasteiger partial charge in [-0.1, -0.05) is 30.3 Å². The molecule has 5 heterocycles. The summed E-state index contributed by atoms with van der Waals surface area (Å²) in [7, 11) is -2.48. The van der Waals surface area contributed by atoms with Crippen LogP contribution in [0.1, 0.15) is 56.8 Å². The third-order valence-corrected chi connectivity index (χ3v) is 11.6. The lowest BCUT2D eigenvalue weighted by molar-refractivity contribution is -0.679. The molecule has 4 aliphatic heterocycles. The van der Waals surface area contributed by atoms with Gasteiger partial charge in [0.25, 0.3) is 15.9 Å². The lowest BCUT2D eigenvalue weighted by Crippen LogP contribution is -2.49. The van der Waals surface area contributed by atoms with E-state index >= 15 is 0 Å². The topological polar surface area (TPSA) is 122 Å². The van der Waals surface area contributed by atoms with E-state index in [2.05, 4.69) is 63.4 Å². The molecule has 0 bridgehead atoms. The molecule has 3 unspecified atom stereocenters. The maximum absolute atomic E-state index is 11.7. The van der Waals surface area contributed by atoms with Crippen LogP contribution in [-0.2, 0) is 38.2 Å². The van der Waals surface area contributed by atoms with E-state index in [1.54, 1.807) is 7.11 Å². The summed E-state index contributed by atoms with van der Waals surface area (Å²) in [6.07, 6.45) is 5.35. The molecule has 0 spiro atoms. The predicted octanol–water partition coefficient (Wildman–Crippen LogP) is 5.61. The normalized spacial score (nSPS) is 23.0. The summed E-state index contributed by atoms with van der Waals surface area (Å²) in [5, 5.41) is 12.0. The summed E-state index contributed by atoms with van der Waals surface area (Å²) in [6, 6.07) is 18.8. The van der Waals surface area contributed by atoms with Gasteiger partial charge in [-0.05, 0) is 66.8 Å². The van der Waals surface area contributed by atoms with Crippen molar-refractivity contribution in [1.82, 2.24) is 4.57 Å². The van der Waals surface area contributed by atoms with Gasteiger partial charge in [0, 0.05) is 54.2 Å². The zero-order valence-electron chi connectivity index (χ0n) is 27.2. The van der Waals surface area contributed by atoms with Crippen molar-refractivity contribution in [3.05, 3.63) is 83.3 Å². The van der Waals surface area contributed by atoms with Crippen molar-refractivity contribution in [2.45, 2.75) is 76.2 Å². The Bertz CT molecular complexity index is 2170. The lowest BCUT2D eigenvalue weighted by Gasteiger charge is -2.42. The minimum atomic E-state index is -4.12. The van der Waals surface area contributed by atoms with Gasteiger partial charge in [0.15, 0.2) is 11.0 Å². The molecule has 0 aliphatic carbocycles. The second-order valence-corrected chi connectivity index (χ2v) is 15.2. The van der Waals surface area contributed by atoms with Gasteiger partial charge in [0.1, 0.15) is 5.75 Å². The molecule has 3 atom stereocenters. The first-order valence-electron chi connectivity index (χ1n) is 16.8. The first-order valence-corrected chi connectivity index (χ1v) is 18.4.